The molecule has 0 aliphatic carbocycles. The molecule has 0 bridgehead atoms. The third-order valence-electron chi connectivity index (χ3n) is 7.10. The van der Waals surface area contributed by atoms with Gasteiger partial charge >= 0.3 is 0 Å². The number of hydrogen-bond acceptors (Lipinski definition) is 8. The van der Waals surface area contributed by atoms with Crippen molar-refractivity contribution in [3.05, 3.63) is 65.6 Å². The molecule has 5 rings (SSSR count). The van der Waals surface area contributed by atoms with Crippen LogP contribution >= 0.6 is 0 Å². The molecule has 11 nitrogen and oxygen atoms in total. The van der Waals surface area contributed by atoms with Crippen LogP contribution in [0, 0.1) is 5.92 Å². The van der Waals surface area contributed by atoms with Crippen LogP contribution in [0.1, 0.15) is 6.42 Å². The first-order valence-electron chi connectivity index (χ1n) is 12.6. The van der Waals surface area contributed by atoms with Crippen LogP contribution in [0.4, 0.5) is 17.3 Å². The van der Waals surface area contributed by atoms with Crippen molar-refractivity contribution in [3.8, 4) is 0 Å². The maximum Gasteiger partial charge on any atom is 0.252 e. The van der Waals surface area contributed by atoms with Crippen LogP contribution in [-0.2, 0) is 21.4 Å². The van der Waals surface area contributed by atoms with Crippen molar-refractivity contribution in [2.75, 3.05) is 55.7 Å². The summed E-state index contributed by atoms with van der Waals surface area (Å²) in [5.41, 5.74) is 2.20. The van der Waals surface area contributed by atoms with Crippen LogP contribution in [0.15, 0.2) is 60.0 Å². The monoisotopic (exact) mass is 537 g/mol. The molecule has 0 spiro atoms. The summed E-state index contributed by atoms with van der Waals surface area (Å²) in [6.07, 6.45) is 5.03. The number of fused-ring (bicyclic) bond motifs is 1. The number of aromatic nitrogens is 3. The molecule has 1 aromatic carbocycles. The van der Waals surface area contributed by atoms with Gasteiger partial charge in [-0.2, -0.15) is 9.29 Å². The minimum Gasteiger partial charge on any atom is -0.369 e. The van der Waals surface area contributed by atoms with Gasteiger partial charge in [0.25, 0.3) is 5.56 Å². The lowest BCUT2D eigenvalue weighted by molar-refractivity contribution is -0.132. The number of hydrogen-bond donors (Lipinski definition) is 1. The van der Waals surface area contributed by atoms with E-state index >= 15 is 0 Å². The molecular formula is C26H31N7O4S. The predicted molar refractivity (Wildman–Crippen MR) is 147 cm³/mol. The van der Waals surface area contributed by atoms with Crippen LogP contribution in [0.25, 0.3) is 11.0 Å². The van der Waals surface area contributed by atoms with E-state index in [1.165, 1.54) is 22.7 Å². The minimum atomic E-state index is -3.19. The van der Waals surface area contributed by atoms with Gasteiger partial charge in [0.1, 0.15) is 5.65 Å². The van der Waals surface area contributed by atoms with Crippen LogP contribution in [0.2, 0.25) is 0 Å². The zero-order valence-corrected chi connectivity index (χ0v) is 22.1. The minimum absolute atomic E-state index is 0.0627. The second-order valence-corrected chi connectivity index (χ2v) is 11.7. The standard InChI is InChI=1S/C26H31N7O4S/c1-3-23(34)31-17-19(18-31)9-10-33-24(35)8-7-20-16-27-26(29-25(20)33)28-21-5-4-6-22(15-21)30-11-13-32(14-12-30)38(2,36)37/h3-8,15-16,19H,1,9-14,17-18H2,2H3,(H,27,28,29). The molecule has 2 aliphatic rings. The number of piperazine rings is 1. The van der Waals surface area contributed by atoms with Crippen molar-refractivity contribution in [1.82, 2.24) is 23.7 Å². The second kappa shape index (κ2) is 10.5. The zero-order chi connectivity index (χ0) is 26.9. The van der Waals surface area contributed by atoms with Crippen LogP contribution < -0.4 is 15.8 Å². The number of rotatable bonds is 8. The number of benzene rings is 1. The van der Waals surface area contributed by atoms with E-state index in [9.17, 15) is 18.0 Å². The lowest BCUT2D eigenvalue weighted by Crippen LogP contribution is -2.49. The molecular weight excluding hydrogens is 506 g/mol. The maximum absolute atomic E-state index is 12.7. The Labute approximate surface area is 221 Å². The van der Waals surface area contributed by atoms with E-state index < -0.39 is 10.0 Å². The molecule has 200 valence electrons. The Morgan fingerprint density at radius 3 is 2.63 bits per heavy atom. The smallest absolute Gasteiger partial charge is 0.252 e. The summed E-state index contributed by atoms with van der Waals surface area (Å²) in [6, 6.07) is 11.1. The van der Waals surface area contributed by atoms with Gasteiger partial charge < -0.3 is 15.1 Å². The van der Waals surface area contributed by atoms with Gasteiger partial charge in [-0.05, 0) is 42.7 Å². The Hall–Kier alpha value is -3.77. The number of anilines is 3. The number of carbonyl (C=O) groups excluding carboxylic acids is 1. The summed E-state index contributed by atoms with van der Waals surface area (Å²) in [4.78, 5) is 37.4. The van der Waals surface area contributed by atoms with Crippen LogP contribution in [0.5, 0.6) is 0 Å². The number of pyridine rings is 1. The fourth-order valence-corrected chi connectivity index (χ4v) is 5.73. The maximum atomic E-state index is 12.7. The molecule has 38 heavy (non-hydrogen) atoms. The highest BCUT2D eigenvalue weighted by Gasteiger charge is 2.29. The van der Waals surface area contributed by atoms with Crippen molar-refractivity contribution in [2.24, 2.45) is 5.92 Å². The number of aryl methyl sites for hydroxylation is 1. The summed E-state index contributed by atoms with van der Waals surface area (Å²) >= 11 is 0. The zero-order valence-electron chi connectivity index (χ0n) is 21.3. The molecule has 1 amide bonds. The Morgan fingerprint density at radius 2 is 1.92 bits per heavy atom. The number of nitrogens with one attached hydrogen (secondary N) is 1. The van der Waals surface area contributed by atoms with E-state index in [0.29, 0.717) is 63.3 Å². The number of amides is 1. The molecule has 4 heterocycles. The van der Waals surface area contributed by atoms with Gasteiger partial charge in [0.05, 0.1) is 6.26 Å². The van der Waals surface area contributed by atoms with Crippen LogP contribution in [0.3, 0.4) is 0 Å². The quantitative estimate of drug-likeness (QED) is 0.431. The van der Waals surface area contributed by atoms with Gasteiger partial charge in [-0.15, -0.1) is 0 Å². The summed E-state index contributed by atoms with van der Waals surface area (Å²) in [5, 5.41) is 4.01. The van der Waals surface area contributed by atoms with Crippen molar-refractivity contribution in [2.45, 2.75) is 13.0 Å². The summed E-state index contributed by atoms with van der Waals surface area (Å²) in [6.45, 7) is 7.48. The summed E-state index contributed by atoms with van der Waals surface area (Å²) in [7, 11) is -3.19. The second-order valence-electron chi connectivity index (χ2n) is 9.72. The first kappa shape index (κ1) is 25.9. The number of nitrogens with zero attached hydrogens (tertiary/aromatic N) is 6. The third-order valence-corrected chi connectivity index (χ3v) is 8.41. The summed E-state index contributed by atoms with van der Waals surface area (Å²) < 4.78 is 26.8. The first-order chi connectivity index (χ1) is 18.2. The van der Waals surface area contributed by atoms with E-state index in [2.05, 4.69) is 26.8 Å². The van der Waals surface area contributed by atoms with Gasteiger partial charge in [-0.25, -0.2) is 13.4 Å². The van der Waals surface area contributed by atoms with Crippen molar-refractivity contribution < 1.29 is 13.2 Å². The van der Waals surface area contributed by atoms with Gasteiger partial charge in [-0.3, -0.25) is 14.2 Å². The van der Waals surface area contributed by atoms with E-state index in [4.69, 9.17) is 0 Å². The van der Waals surface area contributed by atoms with E-state index in [1.54, 1.807) is 21.7 Å². The average Bonchev–Trinajstić information content (AvgIpc) is 2.88. The highest BCUT2D eigenvalue weighted by atomic mass is 32.2. The SMILES string of the molecule is C=CC(=O)N1CC(CCn2c(=O)ccc3cnc(Nc4cccc(N5CCN(S(C)(=O)=O)CC5)c4)nc32)C1. The molecule has 2 fully saturated rings. The van der Waals surface area contributed by atoms with Crippen molar-refractivity contribution in [1.29, 1.82) is 0 Å². The predicted octanol–water partition coefficient (Wildman–Crippen LogP) is 1.65. The molecule has 0 atom stereocenters. The first-order valence-corrected chi connectivity index (χ1v) is 14.4. The van der Waals surface area contributed by atoms with E-state index in [-0.39, 0.29) is 11.5 Å². The molecule has 2 saturated heterocycles. The molecule has 0 saturated carbocycles. The lowest BCUT2D eigenvalue weighted by Gasteiger charge is -2.38. The van der Waals surface area contributed by atoms with Gasteiger partial charge in [-0.1, -0.05) is 12.6 Å². The van der Waals surface area contributed by atoms with Gasteiger partial charge in [0.2, 0.25) is 21.9 Å². The number of likely N-dealkylation sites (tertiary alicyclic amines) is 1. The molecule has 1 N–H and O–H groups in total. The molecule has 0 radical (unpaired) electrons. The van der Waals surface area contributed by atoms with E-state index in [0.717, 1.165) is 23.2 Å². The molecule has 2 aliphatic heterocycles. The van der Waals surface area contributed by atoms with Gasteiger partial charge in [0.15, 0.2) is 0 Å². The Balaban J connectivity index is 1.29. The number of carbonyl (C=O) groups is 1. The van der Waals surface area contributed by atoms with Crippen LogP contribution in [-0.4, -0.2) is 83.6 Å². The topological polar surface area (TPSA) is 121 Å². The van der Waals surface area contributed by atoms with E-state index in [1.807, 2.05) is 24.3 Å². The fourth-order valence-electron chi connectivity index (χ4n) is 4.91. The lowest BCUT2D eigenvalue weighted by atomic mass is 9.96. The third kappa shape index (κ3) is 5.55. The normalized spacial score (nSPS) is 16.9. The Bertz CT molecular complexity index is 1520. The Morgan fingerprint density at radius 1 is 1.16 bits per heavy atom. The summed E-state index contributed by atoms with van der Waals surface area (Å²) in [5.74, 6) is 0.650. The van der Waals surface area contributed by atoms with Gasteiger partial charge in [0, 0.05) is 74.8 Å². The highest BCUT2D eigenvalue weighted by molar-refractivity contribution is 7.88. The Kier molecular flexibility index (Phi) is 7.17. The van der Waals surface area contributed by atoms with Crippen molar-refractivity contribution in [3.63, 3.8) is 0 Å². The molecule has 0 unspecified atom stereocenters. The van der Waals surface area contributed by atoms with Crippen molar-refractivity contribution >= 4 is 44.3 Å². The average molecular weight is 538 g/mol. The molecule has 2 aromatic heterocycles. The molecule has 12 heteroatoms. The molecule has 3 aromatic rings. The number of sulfonamides is 1. The fraction of sp³-hybridized carbons (Fsp3) is 0.385. The largest absolute Gasteiger partial charge is 0.369 e. The highest BCUT2D eigenvalue weighted by Crippen LogP contribution is 2.24.